The van der Waals surface area contributed by atoms with E-state index in [1.54, 1.807) is 38.2 Å². The van der Waals surface area contributed by atoms with Crippen molar-refractivity contribution in [3.05, 3.63) is 54.5 Å². The van der Waals surface area contributed by atoms with Crippen molar-refractivity contribution in [3.8, 4) is 11.3 Å². The van der Waals surface area contributed by atoms with Crippen molar-refractivity contribution in [3.63, 3.8) is 0 Å². The Hall–Kier alpha value is -3.44. The number of sulfonamides is 1. The number of aryl methyl sites for hydroxylation is 1. The first kappa shape index (κ1) is 22.7. The summed E-state index contributed by atoms with van der Waals surface area (Å²) < 4.78 is 39.4. The van der Waals surface area contributed by atoms with E-state index in [0.717, 1.165) is 5.56 Å². The summed E-state index contributed by atoms with van der Waals surface area (Å²) in [7, 11) is -2.43. The molecule has 1 fully saturated rings. The molecule has 0 bridgehead atoms. The number of hydrogen-bond donors (Lipinski definition) is 1. The van der Waals surface area contributed by atoms with Gasteiger partial charge in [0.1, 0.15) is 16.6 Å². The minimum absolute atomic E-state index is 0.0555. The molecule has 1 unspecified atom stereocenters. The third kappa shape index (κ3) is 4.55. The number of carbonyl (C=O) groups excluding carboxylic acids is 2. The predicted octanol–water partition coefficient (Wildman–Crippen LogP) is 2.65. The first-order chi connectivity index (χ1) is 15.8. The maximum Gasteiger partial charge on any atom is 0.354 e. The number of benzene rings is 1. The van der Waals surface area contributed by atoms with Crippen molar-refractivity contribution < 1.29 is 27.3 Å². The second-order valence-corrected chi connectivity index (χ2v) is 9.50. The molecule has 10 nitrogen and oxygen atoms in total. The Morgan fingerprint density at radius 2 is 2.09 bits per heavy atom. The molecule has 11 heteroatoms. The topological polar surface area (TPSA) is 124 Å². The van der Waals surface area contributed by atoms with Crippen LogP contribution >= 0.6 is 0 Å². The van der Waals surface area contributed by atoms with Crippen molar-refractivity contribution in [1.29, 1.82) is 0 Å². The molecule has 0 aliphatic carbocycles. The van der Waals surface area contributed by atoms with Gasteiger partial charge in [-0.3, -0.25) is 4.79 Å². The first-order valence-corrected chi connectivity index (χ1v) is 11.9. The molecular weight excluding hydrogens is 448 g/mol. The van der Waals surface area contributed by atoms with Crippen LogP contribution < -0.4 is 5.32 Å². The predicted molar refractivity (Wildman–Crippen MR) is 119 cm³/mol. The average Bonchev–Trinajstić information content (AvgIpc) is 3.54. The van der Waals surface area contributed by atoms with E-state index in [1.807, 2.05) is 6.07 Å². The van der Waals surface area contributed by atoms with Crippen LogP contribution in [-0.4, -0.2) is 53.5 Å². The quantitative estimate of drug-likeness (QED) is 0.524. The van der Waals surface area contributed by atoms with Crippen LogP contribution in [0.1, 0.15) is 30.3 Å². The molecule has 0 saturated carbocycles. The van der Waals surface area contributed by atoms with E-state index in [2.05, 4.69) is 10.5 Å². The van der Waals surface area contributed by atoms with Crippen molar-refractivity contribution in [1.82, 2.24) is 14.0 Å². The molecule has 1 aliphatic heterocycles. The van der Waals surface area contributed by atoms with Crippen molar-refractivity contribution >= 4 is 27.6 Å². The van der Waals surface area contributed by atoms with Gasteiger partial charge < -0.3 is 19.1 Å². The number of nitrogens with one attached hydrogen (secondary N) is 1. The summed E-state index contributed by atoms with van der Waals surface area (Å²) >= 11 is 0. The van der Waals surface area contributed by atoms with Crippen molar-refractivity contribution in [2.45, 2.75) is 30.7 Å². The largest absolute Gasteiger partial charge is 0.461 e. The standard InChI is InChI=1S/C22H24N4O6S/c1-3-31-22(28)19-13-17(14-25(19)2)33(29,30)26-11-5-8-18(26)21(27)24-16-7-4-6-15(12-16)20-9-10-23-32-20/h4,6-7,9-10,12-14,18H,3,5,8,11H2,1-2H3,(H,24,27). The van der Waals surface area contributed by atoms with Gasteiger partial charge in [-0.1, -0.05) is 17.3 Å². The van der Waals surface area contributed by atoms with E-state index in [1.165, 1.54) is 27.3 Å². The third-order valence-corrected chi connectivity index (χ3v) is 7.30. The number of nitrogens with zero attached hydrogens (tertiary/aromatic N) is 3. The lowest BCUT2D eigenvalue weighted by Crippen LogP contribution is -2.43. The van der Waals surface area contributed by atoms with Crippen LogP contribution in [0.5, 0.6) is 0 Å². The molecule has 0 radical (unpaired) electrons. The van der Waals surface area contributed by atoms with Crippen LogP contribution in [0.2, 0.25) is 0 Å². The zero-order valence-electron chi connectivity index (χ0n) is 18.2. The number of ether oxygens (including phenoxy) is 1. The maximum atomic E-state index is 13.3. The summed E-state index contributed by atoms with van der Waals surface area (Å²) in [4.78, 5) is 25.1. The molecule has 4 rings (SSSR count). The second-order valence-electron chi connectivity index (χ2n) is 7.61. The van der Waals surface area contributed by atoms with Gasteiger partial charge in [-0.25, -0.2) is 13.2 Å². The van der Waals surface area contributed by atoms with E-state index in [4.69, 9.17) is 9.26 Å². The molecule has 1 amide bonds. The normalized spacial score (nSPS) is 16.6. The Morgan fingerprint density at radius 3 is 2.82 bits per heavy atom. The average molecular weight is 473 g/mol. The van der Waals surface area contributed by atoms with E-state index < -0.39 is 27.9 Å². The summed E-state index contributed by atoms with van der Waals surface area (Å²) in [6, 6.07) is 9.15. The SMILES string of the molecule is CCOC(=O)c1cc(S(=O)(=O)N2CCCC2C(=O)Nc2cccc(-c3ccno3)c2)cn1C. The van der Waals surface area contributed by atoms with Gasteiger partial charge in [-0.2, -0.15) is 4.31 Å². The summed E-state index contributed by atoms with van der Waals surface area (Å²) in [5, 5.41) is 6.49. The highest BCUT2D eigenvalue weighted by molar-refractivity contribution is 7.89. The lowest BCUT2D eigenvalue weighted by atomic mass is 10.1. The van der Waals surface area contributed by atoms with Crippen molar-refractivity contribution in [2.24, 2.45) is 7.05 Å². The highest BCUT2D eigenvalue weighted by Crippen LogP contribution is 2.29. The van der Waals surface area contributed by atoms with Crippen LogP contribution in [0.25, 0.3) is 11.3 Å². The minimum atomic E-state index is -4.00. The van der Waals surface area contributed by atoms with Gasteiger partial charge in [0.25, 0.3) is 0 Å². The highest BCUT2D eigenvalue weighted by atomic mass is 32.2. The van der Waals surface area contributed by atoms with E-state index >= 15 is 0 Å². The minimum Gasteiger partial charge on any atom is -0.461 e. The molecule has 1 aliphatic rings. The van der Waals surface area contributed by atoms with Gasteiger partial charge in [-0.15, -0.1) is 0 Å². The van der Waals surface area contributed by atoms with Gasteiger partial charge in [0.2, 0.25) is 15.9 Å². The zero-order valence-corrected chi connectivity index (χ0v) is 19.0. The fourth-order valence-corrected chi connectivity index (χ4v) is 5.58. The van der Waals surface area contributed by atoms with Gasteiger partial charge in [0.05, 0.1) is 12.8 Å². The number of hydrogen-bond acceptors (Lipinski definition) is 7. The van der Waals surface area contributed by atoms with Gasteiger partial charge >= 0.3 is 5.97 Å². The molecule has 3 heterocycles. The number of esters is 1. The first-order valence-electron chi connectivity index (χ1n) is 10.5. The molecular formula is C22H24N4O6S. The Labute approximate surface area is 191 Å². The van der Waals surface area contributed by atoms with Crippen molar-refractivity contribution in [2.75, 3.05) is 18.5 Å². The Bertz CT molecular complexity index is 1270. The fourth-order valence-electron chi connectivity index (χ4n) is 3.85. The lowest BCUT2D eigenvalue weighted by Gasteiger charge is -2.23. The summed E-state index contributed by atoms with van der Waals surface area (Å²) in [6.07, 6.45) is 3.83. The number of amides is 1. The molecule has 1 N–H and O–H groups in total. The Kier molecular flexibility index (Phi) is 6.34. The summed E-state index contributed by atoms with van der Waals surface area (Å²) in [5.41, 5.74) is 1.37. The molecule has 33 heavy (non-hydrogen) atoms. The molecule has 1 atom stereocenters. The summed E-state index contributed by atoms with van der Waals surface area (Å²) in [6.45, 7) is 2.06. The number of anilines is 1. The fraction of sp³-hybridized carbons (Fsp3) is 0.318. The van der Waals surface area contributed by atoms with E-state index in [9.17, 15) is 18.0 Å². The monoisotopic (exact) mass is 472 g/mol. The highest BCUT2D eigenvalue weighted by Gasteiger charge is 2.40. The smallest absolute Gasteiger partial charge is 0.354 e. The van der Waals surface area contributed by atoms with Crippen LogP contribution in [0.3, 0.4) is 0 Å². The molecule has 1 aromatic carbocycles. The number of aromatic nitrogens is 2. The zero-order chi connectivity index (χ0) is 23.6. The van der Waals surface area contributed by atoms with Crippen LogP contribution in [0.4, 0.5) is 5.69 Å². The van der Waals surface area contributed by atoms with Gasteiger partial charge in [-0.05, 0) is 38.0 Å². The molecule has 174 valence electrons. The summed E-state index contributed by atoms with van der Waals surface area (Å²) in [5.74, 6) is -0.478. The maximum absolute atomic E-state index is 13.3. The third-order valence-electron chi connectivity index (χ3n) is 5.43. The lowest BCUT2D eigenvalue weighted by molar-refractivity contribution is -0.119. The van der Waals surface area contributed by atoms with Crippen LogP contribution in [0, 0.1) is 0 Å². The molecule has 3 aromatic rings. The Morgan fingerprint density at radius 1 is 1.27 bits per heavy atom. The second kappa shape index (κ2) is 9.20. The molecule has 1 saturated heterocycles. The van der Waals surface area contributed by atoms with Gasteiger partial charge in [0.15, 0.2) is 5.76 Å². The van der Waals surface area contributed by atoms with E-state index in [-0.39, 0.29) is 23.7 Å². The molecule has 2 aromatic heterocycles. The number of rotatable bonds is 7. The Balaban J connectivity index is 1.54. The van der Waals surface area contributed by atoms with Crippen LogP contribution in [-0.2, 0) is 26.6 Å². The molecule has 0 spiro atoms. The van der Waals surface area contributed by atoms with Crippen LogP contribution in [0.15, 0.2) is 58.2 Å². The van der Waals surface area contributed by atoms with Gasteiger partial charge in [0, 0.05) is 37.1 Å². The van der Waals surface area contributed by atoms with E-state index in [0.29, 0.717) is 24.3 Å². The number of carbonyl (C=O) groups is 2.